The molecule has 0 bridgehead atoms. The summed E-state index contributed by atoms with van der Waals surface area (Å²) in [5, 5.41) is 0.450. The van der Waals surface area contributed by atoms with Gasteiger partial charge in [0.2, 0.25) is 10.0 Å². The van der Waals surface area contributed by atoms with Crippen molar-refractivity contribution < 1.29 is 8.42 Å². The van der Waals surface area contributed by atoms with E-state index in [1.807, 2.05) is 0 Å². The number of nitrogens with two attached hydrogens (primary N) is 1. The van der Waals surface area contributed by atoms with Crippen LogP contribution in [-0.4, -0.2) is 18.0 Å². The predicted molar refractivity (Wildman–Crippen MR) is 120 cm³/mol. The molecule has 4 rings (SSSR count). The lowest BCUT2D eigenvalue weighted by Gasteiger charge is -2.14. The molecule has 152 valence electrons. The first kappa shape index (κ1) is 20.3. The molecule has 0 radical (unpaired) electrons. The third kappa shape index (κ3) is 4.00. The van der Waals surface area contributed by atoms with Crippen LogP contribution in [-0.2, 0) is 16.6 Å². The van der Waals surface area contributed by atoms with Gasteiger partial charge in [0, 0.05) is 10.2 Å². The number of sulfonamides is 1. The summed E-state index contributed by atoms with van der Waals surface area (Å²) in [5.74, 6) is 0.278. The third-order valence-electron chi connectivity index (χ3n) is 4.54. The first-order valence-electron chi connectivity index (χ1n) is 8.97. The summed E-state index contributed by atoms with van der Waals surface area (Å²) in [6, 6.07) is 20.0. The average Bonchev–Trinajstić information content (AvgIpc) is 2.74. The molecule has 0 saturated heterocycles. The summed E-state index contributed by atoms with van der Waals surface area (Å²) >= 11 is 3.38. The number of nitrogens with one attached hydrogen (secondary N) is 1. The number of rotatable bonds is 5. The van der Waals surface area contributed by atoms with E-state index in [9.17, 15) is 13.2 Å². The number of benzene rings is 3. The molecule has 4 aromatic rings. The number of nitrogen functional groups attached to an aromatic ring is 1. The lowest BCUT2D eigenvalue weighted by molar-refractivity contribution is 0.578. The van der Waals surface area contributed by atoms with Gasteiger partial charge in [-0.1, -0.05) is 28.1 Å². The van der Waals surface area contributed by atoms with Crippen LogP contribution < -0.4 is 16.0 Å². The zero-order valence-electron chi connectivity index (χ0n) is 15.6. The van der Waals surface area contributed by atoms with Crippen LogP contribution in [0.3, 0.4) is 0 Å². The molecule has 0 saturated carbocycles. The van der Waals surface area contributed by atoms with Gasteiger partial charge in [-0.25, -0.2) is 18.1 Å². The lowest BCUT2D eigenvalue weighted by atomic mass is 10.2. The maximum atomic E-state index is 13.2. The summed E-state index contributed by atoms with van der Waals surface area (Å²) in [6.07, 6.45) is 0. The highest BCUT2D eigenvalue weighted by atomic mass is 79.9. The molecule has 0 fully saturated rings. The second-order valence-corrected chi connectivity index (χ2v) is 9.24. The van der Waals surface area contributed by atoms with Crippen molar-refractivity contribution in [1.82, 2.24) is 14.3 Å². The van der Waals surface area contributed by atoms with E-state index in [1.165, 1.54) is 28.8 Å². The van der Waals surface area contributed by atoms with Crippen molar-refractivity contribution in [2.75, 3.05) is 5.73 Å². The van der Waals surface area contributed by atoms with Gasteiger partial charge in [0.15, 0.2) is 0 Å². The van der Waals surface area contributed by atoms with Gasteiger partial charge in [0.25, 0.3) is 5.56 Å². The Labute approximate surface area is 181 Å². The van der Waals surface area contributed by atoms with Crippen LogP contribution in [0, 0.1) is 0 Å². The Kier molecular flexibility index (Phi) is 5.42. The van der Waals surface area contributed by atoms with Crippen molar-refractivity contribution in [3.05, 3.63) is 93.4 Å². The molecule has 0 aliphatic heterocycles. The third-order valence-corrected chi connectivity index (χ3v) is 6.49. The summed E-state index contributed by atoms with van der Waals surface area (Å²) in [7, 11) is -3.82. The second-order valence-electron chi connectivity index (χ2n) is 6.56. The highest BCUT2D eigenvalue weighted by molar-refractivity contribution is 9.10. The molecular formula is C21H17BrN4O3S. The minimum Gasteiger partial charge on any atom is -0.399 e. The zero-order chi connectivity index (χ0) is 21.3. The molecule has 30 heavy (non-hydrogen) atoms. The number of aromatic nitrogens is 2. The molecule has 9 heteroatoms. The largest absolute Gasteiger partial charge is 0.399 e. The van der Waals surface area contributed by atoms with E-state index in [4.69, 9.17) is 5.73 Å². The summed E-state index contributed by atoms with van der Waals surface area (Å²) < 4.78 is 30.2. The van der Waals surface area contributed by atoms with E-state index in [0.717, 1.165) is 4.47 Å². The Bertz CT molecular complexity index is 1380. The topological polar surface area (TPSA) is 107 Å². The average molecular weight is 485 g/mol. The van der Waals surface area contributed by atoms with Gasteiger partial charge >= 0.3 is 0 Å². The normalized spacial score (nSPS) is 11.6. The van der Waals surface area contributed by atoms with E-state index in [2.05, 4.69) is 25.6 Å². The number of nitrogens with zero attached hydrogens (tertiary/aromatic N) is 2. The summed E-state index contributed by atoms with van der Waals surface area (Å²) in [5.41, 5.74) is 6.91. The van der Waals surface area contributed by atoms with E-state index < -0.39 is 10.0 Å². The SMILES string of the molecule is Nc1ccc(S(=O)(=O)NCc2nc3ccccc3c(=O)n2-c2ccc(Br)cc2)cc1. The first-order chi connectivity index (χ1) is 14.3. The number of fused-ring (bicyclic) bond motifs is 1. The molecule has 1 aromatic heterocycles. The van der Waals surface area contributed by atoms with E-state index in [0.29, 0.717) is 22.3 Å². The van der Waals surface area contributed by atoms with E-state index >= 15 is 0 Å². The zero-order valence-corrected chi connectivity index (χ0v) is 18.0. The molecule has 0 unspecified atom stereocenters. The first-order valence-corrected chi connectivity index (χ1v) is 11.2. The maximum absolute atomic E-state index is 13.2. The standard InChI is InChI=1S/C21H17BrN4O3S/c22-14-5-9-16(10-6-14)26-20(25-19-4-2-1-3-18(19)21(26)27)13-24-30(28,29)17-11-7-15(23)8-12-17/h1-12,24H,13,23H2. The number of hydrogen-bond acceptors (Lipinski definition) is 5. The molecule has 0 aliphatic rings. The van der Waals surface area contributed by atoms with Crippen LogP contribution in [0.25, 0.3) is 16.6 Å². The number of para-hydroxylation sites is 1. The molecule has 3 N–H and O–H groups in total. The number of halogens is 1. The van der Waals surface area contributed by atoms with Gasteiger partial charge in [-0.05, 0) is 60.7 Å². The Balaban J connectivity index is 1.79. The Morgan fingerprint density at radius 3 is 2.33 bits per heavy atom. The molecule has 1 heterocycles. The monoisotopic (exact) mass is 484 g/mol. The van der Waals surface area contributed by atoms with Crippen LogP contribution in [0.5, 0.6) is 0 Å². The molecule has 0 aliphatic carbocycles. The van der Waals surface area contributed by atoms with Crippen molar-refractivity contribution in [3.63, 3.8) is 0 Å². The maximum Gasteiger partial charge on any atom is 0.266 e. The van der Waals surface area contributed by atoms with Crippen molar-refractivity contribution in [2.45, 2.75) is 11.4 Å². The van der Waals surface area contributed by atoms with Crippen LogP contribution in [0.4, 0.5) is 5.69 Å². The van der Waals surface area contributed by atoms with E-state index in [-0.39, 0.29) is 22.8 Å². The van der Waals surface area contributed by atoms with Crippen molar-refractivity contribution in [2.24, 2.45) is 0 Å². The van der Waals surface area contributed by atoms with Crippen LogP contribution >= 0.6 is 15.9 Å². The Morgan fingerprint density at radius 2 is 1.63 bits per heavy atom. The van der Waals surface area contributed by atoms with Crippen molar-refractivity contribution >= 4 is 42.5 Å². The van der Waals surface area contributed by atoms with Crippen molar-refractivity contribution in [1.29, 1.82) is 0 Å². The fourth-order valence-electron chi connectivity index (χ4n) is 3.04. The molecule has 7 nitrogen and oxygen atoms in total. The molecule has 3 aromatic carbocycles. The minimum atomic E-state index is -3.82. The molecule has 0 amide bonds. The van der Waals surface area contributed by atoms with Gasteiger partial charge in [0.05, 0.1) is 28.0 Å². The van der Waals surface area contributed by atoms with Crippen LogP contribution in [0.15, 0.2) is 87.0 Å². The van der Waals surface area contributed by atoms with Gasteiger partial charge in [-0.3, -0.25) is 9.36 Å². The minimum absolute atomic E-state index is 0.0787. The van der Waals surface area contributed by atoms with E-state index in [1.54, 1.807) is 48.5 Å². The Morgan fingerprint density at radius 1 is 0.967 bits per heavy atom. The van der Waals surface area contributed by atoms with Crippen LogP contribution in [0.1, 0.15) is 5.82 Å². The smallest absolute Gasteiger partial charge is 0.266 e. The summed E-state index contributed by atoms with van der Waals surface area (Å²) in [4.78, 5) is 17.8. The molecule has 0 spiro atoms. The van der Waals surface area contributed by atoms with Gasteiger partial charge in [-0.15, -0.1) is 0 Å². The quantitative estimate of drug-likeness (QED) is 0.423. The number of anilines is 1. The highest BCUT2D eigenvalue weighted by Gasteiger charge is 2.17. The fourth-order valence-corrected chi connectivity index (χ4v) is 4.29. The number of hydrogen-bond donors (Lipinski definition) is 2. The van der Waals surface area contributed by atoms with Gasteiger partial charge in [0.1, 0.15) is 5.82 Å². The molecule has 0 atom stereocenters. The van der Waals surface area contributed by atoms with Crippen LogP contribution in [0.2, 0.25) is 0 Å². The Hall–Kier alpha value is -3.01. The van der Waals surface area contributed by atoms with Gasteiger partial charge in [-0.2, -0.15) is 0 Å². The van der Waals surface area contributed by atoms with Gasteiger partial charge < -0.3 is 5.73 Å². The lowest BCUT2D eigenvalue weighted by Crippen LogP contribution is -2.30. The second kappa shape index (κ2) is 8.02. The highest BCUT2D eigenvalue weighted by Crippen LogP contribution is 2.17. The predicted octanol–water partition coefficient (Wildman–Crippen LogP) is 3.21. The fraction of sp³-hybridized carbons (Fsp3) is 0.0476. The molecular weight excluding hydrogens is 468 g/mol. The summed E-state index contributed by atoms with van der Waals surface area (Å²) in [6.45, 7) is -0.164. The van der Waals surface area contributed by atoms with Crippen molar-refractivity contribution in [3.8, 4) is 5.69 Å².